The summed E-state index contributed by atoms with van der Waals surface area (Å²) >= 11 is 0. The molecular weight excluding hydrogens is 564 g/mol. The van der Waals surface area contributed by atoms with Crippen molar-refractivity contribution in [1.29, 1.82) is 0 Å². The topological polar surface area (TPSA) is 117 Å². The highest BCUT2D eigenvalue weighted by atomic mass is 19.1. The zero-order valence-electron chi connectivity index (χ0n) is 23.8. The van der Waals surface area contributed by atoms with Crippen molar-refractivity contribution < 1.29 is 33.1 Å². The van der Waals surface area contributed by atoms with Crippen molar-refractivity contribution in [3.8, 4) is 5.75 Å². The van der Waals surface area contributed by atoms with Gasteiger partial charge in [-0.15, -0.1) is 0 Å². The number of aromatic carboxylic acids is 1. The first-order chi connectivity index (χ1) is 20.7. The molecule has 1 saturated heterocycles. The van der Waals surface area contributed by atoms with E-state index in [9.17, 15) is 23.9 Å². The summed E-state index contributed by atoms with van der Waals surface area (Å²) in [5.74, 6) is -2.64. The number of pyridine rings is 1. The molecule has 1 saturated carbocycles. The molecule has 226 valence electrons. The number of carboxylic acids is 1. The highest BCUT2D eigenvalue weighted by molar-refractivity contribution is 6.54. The van der Waals surface area contributed by atoms with Crippen molar-refractivity contribution in [2.24, 2.45) is 5.16 Å². The third kappa shape index (κ3) is 5.07. The van der Waals surface area contributed by atoms with Gasteiger partial charge < -0.3 is 29.0 Å². The Kier molecular flexibility index (Phi) is 7.50. The molecule has 11 nitrogen and oxygen atoms in total. The smallest absolute Gasteiger partial charge is 0.341 e. The van der Waals surface area contributed by atoms with E-state index in [1.165, 1.54) is 25.4 Å². The van der Waals surface area contributed by atoms with Crippen LogP contribution in [0.15, 0.2) is 40.4 Å². The lowest BCUT2D eigenvalue weighted by Crippen LogP contribution is -2.49. The number of hydrogen-bond donors (Lipinski definition) is 1. The van der Waals surface area contributed by atoms with Crippen LogP contribution in [0.4, 0.5) is 20.2 Å². The van der Waals surface area contributed by atoms with E-state index in [2.05, 4.69) is 10.1 Å². The number of fused-ring (bicyclic) bond motifs is 2. The first-order valence-corrected chi connectivity index (χ1v) is 14.2. The lowest BCUT2D eigenvalue weighted by atomic mass is 10.1. The largest absolute Gasteiger partial charge is 0.492 e. The van der Waals surface area contributed by atoms with E-state index >= 15 is 4.39 Å². The van der Waals surface area contributed by atoms with Gasteiger partial charge in [0.15, 0.2) is 17.3 Å². The summed E-state index contributed by atoms with van der Waals surface area (Å²) in [7, 11) is 1.42. The highest BCUT2D eigenvalue weighted by Crippen LogP contribution is 2.44. The second-order valence-electron chi connectivity index (χ2n) is 10.8. The summed E-state index contributed by atoms with van der Waals surface area (Å²) in [5, 5.41) is 13.5. The Bertz CT molecular complexity index is 1710. The quantitative estimate of drug-likeness (QED) is 0.375. The average molecular weight is 596 g/mol. The van der Waals surface area contributed by atoms with Crippen molar-refractivity contribution >= 4 is 39.9 Å². The van der Waals surface area contributed by atoms with E-state index in [1.807, 2.05) is 4.90 Å². The molecule has 13 heteroatoms. The molecule has 0 atom stereocenters. The minimum Gasteiger partial charge on any atom is -0.492 e. The molecule has 0 radical (unpaired) electrons. The van der Waals surface area contributed by atoms with Gasteiger partial charge in [0.1, 0.15) is 23.7 Å². The minimum absolute atomic E-state index is 0.0132. The number of hydrogen-bond acceptors (Lipinski definition) is 8. The summed E-state index contributed by atoms with van der Waals surface area (Å²) in [4.78, 5) is 48.5. The van der Waals surface area contributed by atoms with Gasteiger partial charge in [0.2, 0.25) is 5.43 Å². The zero-order valence-corrected chi connectivity index (χ0v) is 23.8. The van der Waals surface area contributed by atoms with Gasteiger partial charge >= 0.3 is 5.97 Å². The predicted molar refractivity (Wildman–Crippen MR) is 156 cm³/mol. The Labute approximate surface area is 245 Å². The third-order valence-electron chi connectivity index (χ3n) is 8.14. The van der Waals surface area contributed by atoms with Crippen molar-refractivity contribution in [3.63, 3.8) is 0 Å². The zero-order chi connectivity index (χ0) is 30.4. The molecule has 2 aromatic carbocycles. The lowest BCUT2D eigenvalue weighted by molar-refractivity contribution is -0.112. The Morgan fingerprint density at radius 3 is 2.49 bits per heavy atom. The number of carbonyl (C=O) groups excluding carboxylic acids is 1. The van der Waals surface area contributed by atoms with Crippen LogP contribution in [0.2, 0.25) is 0 Å². The van der Waals surface area contributed by atoms with E-state index in [-0.39, 0.29) is 41.1 Å². The van der Waals surface area contributed by atoms with Crippen LogP contribution in [-0.2, 0) is 9.63 Å². The molecule has 1 amide bonds. The van der Waals surface area contributed by atoms with Crippen LogP contribution < -0.4 is 20.0 Å². The van der Waals surface area contributed by atoms with Gasteiger partial charge in [0, 0.05) is 57.1 Å². The fourth-order valence-electron chi connectivity index (χ4n) is 5.89. The number of ether oxygens (including phenoxy) is 1. The molecule has 1 N–H and O–H groups in total. The van der Waals surface area contributed by atoms with Gasteiger partial charge in [0.25, 0.3) is 5.91 Å². The van der Waals surface area contributed by atoms with E-state index in [4.69, 9.17) is 9.57 Å². The van der Waals surface area contributed by atoms with E-state index in [0.717, 1.165) is 18.9 Å². The summed E-state index contributed by atoms with van der Waals surface area (Å²) in [6.45, 7) is 4.91. The molecule has 3 heterocycles. The van der Waals surface area contributed by atoms with Crippen molar-refractivity contribution in [2.75, 3.05) is 62.8 Å². The molecule has 0 spiro atoms. The van der Waals surface area contributed by atoms with E-state index in [1.54, 1.807) is 22.5 Å². The highest BCUT2D eigenvalue weighted by Gasteiger charge is 2.36. The molecule has 0 bridgehead atoms. The fraction of sp³-hybridized carbons (Fsp3) is 0.400. The van der Waals surface area contributed by atoms with Gasteiger partial charge in [-0.2, -0.15) is 0 Å². The number of piperazine rings is 1. The lowest BCUT2D eigenvalue weighted by Gasteiger charge is -2.37. The van der Waals surface area contributed by atoms with Crippen LogP contribution in [0.5, 0.6) is 5.75 Å². The molecular formula is C30H31F2N5O6. The van der Waals surface area contributed by atoms with Crippen LogP contribution in [-0.4, -0.2) is 85.1 Å². The molecule has 3 aliphatic rings. The number of carbonyl (C=O) groups is 2. The molecule has 1 aromatic heterocycles. The number of benzene rings is 2. The molecule has 0 unspecified atom stereocenters. The minimum atomic E-state index is -1.36. The second-order valence-corrected chi connectivity index (χ2v) is 10.8. The van der Waals surface area contributed by atoms with Crippen molar-refractivity contribution in [1.82, 2.24) is 9.47 Å². The van der Waals surface area contributed by atoms with Gasteiger partial charge in [-0.1, -0.05) is 5.16 Å². The maximum absolute atomic E-state index is 15.7. The van der Waals surface area contributed by atoms with Crippen molar-refractivity contribution in [3.05, 3.63) is 63.4 Å². The van der Waals surface area contributed by atoms with Crippen molar-refractivity contribution in [2.45, 2.75) is 25.8 Å². The summed E-state index contributed by atoms with van der Waals surface area (Å²) in [6, 6.07) is 5.27. The maximum Gasteiger partial charge on any atom is 0.341 e. The van der Waals surface area contributed by atoms with Crippen LogP contribution in [0.3, 0.4) is 0 Å². The first-order valence-electron chi connectivity index (χ1n) is 14.2. The first kappa shape index (κ1) is 28.6. The maximum atomic E-state index is 15.7. The summed E-state index contributed by atoms with van der Waals surface area (Å²) < 4.78 is 37.1. The van der Waals surface area contributed by atoms with E-state index < -0.39 is 28.6 Å². The average Bonchev–Trinajstić information content (AvgIpc) is 3.80. The Morgan fingerprint density at radius 2 is 1.84 bits per heavy atom. The normalized spacial score (nSPS) is 18.0. The number of anilines is 2. The van der Waals surface area contributed by atoms with Crippen LogP contribution in [0.1, 0.15) is 41.7 Å². The molecule has 2 fully saturated rings. The number of halogens is 2. The second kappa shape index (κ2) is 11.3. The Morgan fingerprint density at radius 1 is 1.09 bits per heavy atom. The van der Waals surface area contributed by atoms with Gasteiger partial charge in [-0.3, -0.25) is 14.5 Å². The monoisotopic (exact) mass is 595 g/mol. The molecule has 43 heavy (non-hydrogen) atoms. The number of aromatic nitrogens is 1. The molecule has 6 rings (SSSR count). The summed E-state index contributed by atoms with van der Waals surface area (Å²) in [5.41, 5.74) is 0.507. The van der Waals surface area contributed by atoms with Crippen LogP contribution >= 0.6 is 0 Å². The third-order valence-corrected chi connectivity index (χ3v) is 8.14. The van der Waals surface area contributed by atoms with Gasteiger partial charge in [-0.05, 0) is 44.0 Å². The van der Waals surface area contributed by atoms with Gasteiger partial charge in [0.05, 0.1) is 23.7 Å². The Hall–Kier alpha value is -4.52. The number of nitrogens with zero attached hydrogens (tertiary/aromatic N) is 5. The standard InChI is InChI=1S/C30H31F2N5O6/c1-3-43-33-24-19-14-17(31)4-7-23(19)36(29(24)39)13-10-34-8-11-35(12-9-34)26-22(32)15-20-25(28(26)42-2)37(18-5-6-18)16-21(27(20)38)30(40)41/h4,7,14-16,18H,3,5-6,8-13H2,1-2H3,(H,40,41)/b33-24-. The molecule has 1 aliphatic carbocycles. The summed E-state index contributed by atoms with van der Waals surface area (Å²) in [6.07, 6.45) is 2.98. The number of methoxy groups -OCH3 is 1. The van der Waals surface area contributed by atoms with E-state index in [0.29, 0.717) is 56.0 Å². The van der Waals surface area contributed by atoms with Gasteiger partial charge in [-0.25, -0.2) is 13.6 Å². The molecule has 2 aliphatic heterocycles. The van der Waals surface area contributed by atoms with Crippen LogP contribution in [0.25, 0.3) is 10.9 Å². The number of amides is 1. The number of oxime groups is 1. The van der Waals surface area contributed by atoms with Crippen LogP contribution in [0, 0.1) is 11.6 Å². The fourth-order valence-corrected chi connectivity index (χ4v) is 5.89. The SMILES string of the molecule is CCO/N=C1\C(=O)N(CCN2CCN(c3c(F)cc4c(=O)c(C(=O)O)cn(C5CC5)c4c3OC)CC2)c2ccc(F)cc21. The predicted octanol–water partition coefficient (Wildman–Crippen LogP) is 3.23. The number of carboxylic acid groups (broad SMARTS) is 1. The number of rotatable bonds is 9. The Balaban J connectivity index is 1.21. The molecule has 3 aromatic rings.